The number of nitrogens with zero attached hydrogens (tertiary/aromatic N) is 2. The van der Waals surface area contributed by atoms with Gasteiger partial charge in [0.2, 0.25) is 0 Å². The molecule has 2 aromatic rings. The standard InChI is InChI=1S/C23H30ClN3O2/c1-4-26-12-14-27(15-13-26)22-20(24)6-5-7-21(22)25-23(28)18-8-10-19(11-9-18)29-16-17(2)3/h5-11,17H,4,12-16H2,1-3H3,(H,25,28). The summed E-state index contributed by atoms with van der Waals surface area (Å²) < 4.78 is 5.69. The summed E-state index contributed by atoms with van der Waals surface area (Å²) in [6.07, 6.45) is 0. The van der Waals surface area contributed by atoms with Gasteiger partial charge in [-0.2, -0.15) is 0 Å². The van der Waals surface area contributed by atoms with Gasteiger partial charge < -0.3 is 19.9 Å². The van der Waals surface area contributed by atoms with Crippen molar-refractivity contribution in [3.8, 4) is 5.75 Å². The molecular weight excluding hydrogens is 386 g/mol. The minimum atomic E-state index is -0.156. The number of piperazine rings is 1. The van der Waals surface area contributed by atoms with Crippen LogP contribution in [0.15, 0.2) is 42.5 Å². The monoisotopic (exact) mass is 415 g/mol. The summed E-state index contributed by atoms with van der Waals surface area (Å²) >= 11 is 6.52. The molecule has 0 saturated carbocycles. The van der Waals surface area contributed by atoms with Gasteiger partial charge in [0.25, 0.3) is 5.91 Å². The van der Waals surface area contributed by atoms with Gasteiger partial charge in [0.1, 0.15) is 5.75 Å². The molecule has 1 saturated heterocycles. The van der Waals surface area contributed by atoms with Gasteiger partial charge in [-0.15, -0.1) is 0 Å². The first kappa shape index (κ1) is 21.5. The fourth-order valence-corrected chi connectivity index (χ4v) is 3.68. The van der Waals surface area contributed by atoms with Crippen molar-refractivity contribution in [2.24, 2.45) is 5.92 Å². The molecule has 3 rings (SSSR count). The number of nitrogens with one attached hydrogen (secondary N) is 1. The van der Waals surface area contributed by atoms with Crippen LogP contribution in [0.3, 0.4) is 0 Å². The highest BCUT2D eigenvalue weighted by molar-refractivity contribution is 6.34. The maximum Gasteiger partial charge on any atom is 0.255 e. The van der Waals surface area contributed by atoms with E-state index in [0.29, 0.717) is 23.1 Å². The van der Waals surface area contributed by atoms with Crippen LogP contribution in [0.1, 0.15) is 31.1 Å². The maximum absolute atomic E-state index is 12.8. The Morgan fingerprint density at radius 1 is 1.10 bits per heavy atom. The second kappa shape index (κ2) is 9.99. The van der Waals surface area contributed by atoms with Crippen LogP contribution in [0, 0.1) is 5.92 Å². The lowest BCUT2D eigenvalue weighted by Crippen LogP contribution is -2.46. The lowest BCUT2D eigenvalue weighted by molar-refractivity contribution is 0.102. The quantitative estimate of drug-likeness (QED) is 0.707. The number of anilines is 2. The SMILES string of the molecule is CCN1CCN(c2c(Cl)cccc2NC(=O)c2ccc(OCC(C)C)cc2)CC1. The average Bonchev–Trinajstić information content (AvgIpc) is 2.73. The maximum atomic E-state index is 12.8. The van der Waals surface area contributed by atoms with Crippen LogP contribution < -0.4 is 15.0 Å². The molecule has 5 nitrogen and oxygen atoms in total. The molecule has 29 heavy (non-hydrogen) atoms. The van der Waals surface area contributed by atoms with Gasteiger partial charge in [-0.3, -0.25) is 4.79 Å². The molecule has 0 aromatic heterocycles. The molecule has 0 unspecified atom stereocenters. The molecule has 0 bridgehead atoms. The number of hydrogen-bond donors (Lipinski definition) is 1. The molecule has 0 atom stereocenters. The molecule has 6 heteroatoms. The number of halogens is 1. The number of para-hydroxylation sites is 1. The molecule has 0 aliphatic carbocycles. The molecule has 1 heterocycles. The predicted molar refractivity (Wildman–Crippen MR) is 121 cm³/mol. The van der Waals surface area contributed by atoms with Gasteiger partial charge >= 0.3 is 0 Å². The summed E-state index contributed by atoms with van der Waals surface area (Å²) in [7, 11) is 0. The minimum Gasteiger partial charge on any atom is -0.493 e. The molecule has 2 aromatic carbocycles. The highest BCUT2D eigenvalue weighted by atomic mass is 35.5. The second-order valence-corrected chi connectivity index (χ2v) is 8.15. The van der Waals surface area contributed by atoms with Gasteiger partial charge in [-0.05, 0) is 48.9 Å². The zero-order valence-electron chi connectivity index (χ0n) is 17.5. The second-order valence-electron chi connectivity index (χ2n) is 7.74. The van der Waals surface area contributed by atoms with Gasteiger partial charge in [0.05, 0.1) is 23.0 Å². The van der Waals surface area contributed by atoms with E-state index < -0.39 is 0 Å². The van der Waals surface area contributed by atoms with E-state index in [2.05, 4.69) is 35.9 Å². The highest BCUT2D eigenvalue weighted by Gasteiger charge is 2.21. The Morgan fingerprint density at radius 3 is 2.41 bits per heavy atom. The van der Waals surface area contributed by atoms with E-state index >= 15 is 0 Å². The summed E-state index contributed by atoms with van der Waals surface area (Å²) in [5, 5.41) is 3.70. The van der Waals surface area contributed by atoms with Gasteiger partial charge in [0, 0.05) is 31.7 Å². The Morgan fingerprint density at radius 2 is 1.79 bits per heavy atom. The first-order valence-electron chi connectivity index (χ1n) is 10.3. The van der Waals surface area contributed by atoms with Gasteiger partial charge in [-0.25, -0.2) is 0 Å². The number of ether oxygens (including phenoxy) is 1. The Labute approximate surface area is 178 Å². The number of benzene rings is 2. The molecule has 1 aliphatic rings. The first-order valence-corrected chi connectivity index (χ1v) is 10.7. The summed E-state index contributed by atoms with van der Waals surface area (Å²) in [4.78, 5) is 17.5. The van der Waals surface area contributed by atoms with Crippen LogP contribution in [-0.2, 0) is 0 Å². The van der Waals surface area contributed by atoms with Crippen molar-refractivity contribution in [3.63, 3.8) is 0 Å². The van der Waals surface area contributed by atoms with E-state index in [9.17, 15) is 4.79 Å². The third-order valence-electron chi connectivity index (χ3n) is 5.07. The Hall–Kier alpha value is -2.24. The fraction of sp³-hybridized carbons (Fsp3) is 0.435. The third-order valence-corrected chi connectivity index (χ3v) is 5.38. The van der Waals surface area contributed by atoms with Crippen molar-refractivity contribution in [1.82, 2.24) is 4.90 Å². The van der Waals surface area contributed by atoms with Crippen LogP contribution in [-0.4, -0.2) is 50.1 Å². The fourth-order valence-electron chi connectivity index (χ4n) is 3.39. The predicted octanol–water partition coefficient (Wildman–Crippen LogP) is 4.77. The summed E-state index contributed by atoms with van der Waals surface area (Å²) in [5.74, 6) is 1.07. The van der Waals surface area contributed by atoms with Crippen molar-refractivity contribution in [3.05, 3.63) is 53.1 Å². The Bertz CT molecular complexity index is 815. The van der Waals surface area contributed by atoms with Crippen molar-refractivity contribution in [2.75, 3.05) is 49.5 Å². The molecule has 1 aliphatic heterocycles. The first-order chi connectivity index (χ1) is 14.0. The molecular formula is C23H30ClN3O2. The lowest BCUT2D eigenvalue weighted by Gasteiger charge is -2.36. The zero-order chi connectivity index (χ0) is 20.8. The van der Waals surface area contributed by atoms with E-state index in [1.54, 1.807) is 12.1 Å². The van der Waals surface area contributed by atoms with Crippen molar-refractivity contribution < 1.29 is 9.53 Å². The zero-order valence-corrected chi connectivity index (χ0v) is 18.2. The van der Waals surface area contributed by atoms with E-state index in [-0.39, 0.29) is 5.91 Å². The Kier molecular flexibility index (Phi) is 7.40. The van der Waals surface area contributed by atoms with Crippen molar-refractivity contribution in [1.29, 1.82) is 0 Å². The lowest BCUT2D eigenvalue weighted by atomic mass is 10.1. The Balaban J connectivity index is 1.71. The number of likely N-dealkylation sites (N-methyl/N-ethyl adjacent to an activating group) is 1. The summed E-state index contributed by atoms with van der Waals surface area (Å²) in [6.45, 7) is 11.9. The van der Waals surface area contributed by atoms with E-state index in [1.165, 1.54) is 0 Å². The van der Waals surface area contributed by atoms with Crippen molar-refractivity contribution >= 4 is 28.9 Å². The molecule has 0 spiro atoms. The minimum absolute atomic E-state index is 0.156. The van der Waals surface area contributed by atoms with Gasteiger partial charge in [0.15, 0.2) is 0 Å². The average molecular weight is 416 g/mol. The molecule has 1 N–H and O–H groups in total. The molecule has 156 valence electrons. The normalized spacial score (nSPS) is 14.9. The van der Waals surface area contributed by atoms with Gasteiger partial charge in [-0.1, -0.05) is 38.4 Å². The van der Waals surface area contributed by atoms with E-state index in [1.807, 2.05) is 30.3 Å². The van der Waals surface area contributed by atoms with Crippen LogP contribution in [0.5, 0.6) is 5.75 Å². The van der Waals surface area contributed by atoms with E-state index in [0.717, 1.165) is 49.8 Å². The highest BCUT2D eigenvalue weighted by Crippen LogP contribution is 2.35. The van der Waals surface area contributed by atoms with Crippen LogP contribution in [0.25, 0.3) is 0 Å². The number of amides is 1. The number of carbonyl (C=O) groups is 1. The molecule has 0 radical (unpaired) electrons. The van der Waals surface area contributed by atoms with Crippen LogP contribution >= 0.6 is 11.6 Å². The van der Waals surface area contributed by atoms with Crippen LogP contribution in [0.4, 0.5) is 11.4 Å². The molecule has 1 amide bonds. The number of carbonyl (C=O) groups excluding carboxylic acids is 1. The smallest absolute Gasteiger partial charge is 0.255 e. The van der Waals surface area contributed by atoms with E-state index in [4.69, 9.17) is 16.3 Å². The summed E-state index contributed by atoms with van der Waals surface area (Å²) in [6, 6.07) is 12.9. The largest absolute Gasteiger partial charge is 0.493 e. The van der Waals surface area contributed by atoms with Crippen molar-refractivity contribution in [2.45, 2.75) is 20.8 Å². The third kappa shape index (κ3) is 5.64. The number of rotatable bonds is 7. The molecule has 1 fully saturated rings. The van der Waals surface area contributed by atoms with Crippen LogP contribution in [0.2, 0.25) is 5.02 Å². The topological polar surface area (TPSA) is 44.8 Å². The summed E-state index contributed by atoms with van der Waals surface area (Å²) in [5.41, 5.74) is 2.23. The number of hydrogen-bond acceptors (Lipinski definition) is 4.